The van der Waals surface area contributed by atoms with Crippen molar-refractivity contribution in [3.05, 3.63) is 87.1 Å². The van der Waals surface area contributed by atoms with Gasteiger partial charge >= 0.3 is 0 Å². The molecule has 1 atom stereocenters. The summed E-state index contributed by atoms with van der Waals surface area (Å²) in [7, 11) is 0. The highest BCUT2D eigenvalue weighted by Gasteiger charge is 2.36. The van der Waals surface area contributed by atoms with Gasteiger partial charge in [0, 0.05) is 17.5 Å². The minimum atomic E-state index is -0.848. The molecule has 0 fully saturated rings. The van der Waals surface area contributed by atoms with Crippen molar-refractivity contribution >= 4 is 29.3 Å². The SMILES string of the molecule is CC1=C(C(N)=O)[C@H](c2ccccc2[N+](=O)[O-])n2nc(SCc3ccccc3)nc2N1. The van der Waals surface area contributed by atoms with Crippen LogP contribution in [0, 0.1) is 10.1 Å². The van der Waals surface area contributed by atoms with Crippen molar-refractivity contribution in [3.63, 3.8) is 0 Å². The molecule has 1 amide bonds. The number of para-hydroxylation sites is 1. The van der Waals surface area contributed by atoms with E-state index in [4.69, 9.17) is 5.73 Å². The number of aromatic nitrogens is 3. The van der Waals surface area contributed by atoms with Crippen LogP contribution in [0.15, 0.2) is 71.0 Å². The maximum absolute atomic E-state index is 12.2. The number of amides is 1. The van der Waals surface area contributed by atoms with E-state index in [-0.39, 0.29) is 11.3 Å². The summed E-state index contributed by atoms with van der Waals surface area (Å²) in [5.74, 6) is 0.384. The number of carbonyl (C=O) groups excluding carboxylic acids is 1. The Morgan fingerprint density at radius 3 is 2.63 bits per heavy atom. The van der Waals surface area contributed by atoms with Crippen LogP contribution in [0.2, 0.25) is 0 Å². The third kappa shape index (κ3) is 3.64. The molecule has 10 heteroatoms. The lowest BCUT2D eigenvalue weighted by atomic mass is 9.94. The summed E-state index contributed by atoms with van der Waals surface area (Å²) in [5, 5.41) is 19.7. The van der Waals surface area contributed by atoms with Gasteiger partial charge in [0.15, 0.2) is 0 Å². The van der Waals surface area contributed by atoms with Crippen LogP contribution in [-0.4, -0.2) is 25.6 Å². The number of nitro benzene ring substituents is 1. The molecule has 0 spiro atoms. The van der Waals surface area contributed by atoms with E-state index in [1.165, 1.54) is 22.5 Å². The molecule has 2 heterocycles. The standard InChI is InChI=1S/C20H18N6O3S/c1-12-16(18(21)27)17(14-9-5-6-10-15(14)26(28)29)25-19(22-12)23-20(24-25)30-11-13-7-3-2-4-8-13/h2-10,17H,11H2,1H3,(H2,21,27)(H,22,23,24)/t17-/m0/s1. The number of carbonyl (C=O) groups is 1. The Balaban J connectivity index is 1.76. The number of fused-ring (bicyclic) bond motifs is 1. The zero-order valence-electron chi connectivity index (χ0n) is 16.0. The Bertz CT molecular complexity index is 1160. The fourth-order valence-corrected chi connectivity index (χ4v) is 4.19. The van der Waals surface area contributed by atoms with Gasteiger partial charge in [0.2, 0.25) is 17.0 Å². The lowest BCUT2D eigenvalue weighted by Crippen LogP contribution is -2.32. The van der Waals surface area contributed by atoms with Gasteiger partial charge in [-0.3, -0.25) is 14.9 Å². The second-order valence-electron chi connectivity index (χ2n) is 6.68. The van der Waals surface area contributed by atoms with E-state index in [2.05, 4.69) is 15.4 Å². The van der Waals surface area contributed by atoms with Crippen molar-refractivity contribution < 1.29 is 9.72 Å². The van der Waals surface area contributed by atoms with Crippen LogP contribution < -0.4 is 11.1 Å². The van der Waals surface area contributed by atoms with Crippen LogP contribution in [0.25, 0.3) is 0 Å². The number of allylic oxidation sites excluding steroid dienone is 1. The van der Waals surface area contributed by atoms with Gasteiger partial charge in [0.1, 0.15) is 6.04 Å². The van der Waals surface area contributed by atoms with Gasteiger partial charge in [0.05, 0.1) is 16.1 Å². The number of benzene rings is 2. The summed E-state index contributed by atoms with van der Waals surface area (Å²) in [4.78, 5) is 27.9. The smallest absolute Gasteiger partial charge is 0.275 e. The molecule has 3 aromatic rings. The molecule has 9 nitrogen and oxygen atoms in total. The van der Waals surface area contributed by atoms with E-state index in [0.717, 1.165) is 5.56 Å². The average Bonchev–Trinajstić information content (AvgIpc) is 3.14. The van der Waals surface area contributed by atoms with Gasteiger partial charge < -0.3 is 11.1 Å². The number of nitrogens with zero attached hydrogens (tertiary/aromatic N) is 4. The second kappa shape index (κ2) is 7.99. The second-order valence-corrected chi connectivity index (χ2v) is 7.63. The van der Waals surface area contributed by atoms with Gasteiger partial charge in [-0.1, -0.05) is 54.2 Å². The molecule has 1 aliphatic rings. The van der Waals surface area contributed by atoms with Crippen molar-refractivity contribution in [2.75, 3.05) is 5.32 Å². The first kappa shape index (κ1) is 19.6. The van der Waals surface area contributed by atoms with Gasteiger partial charge in [-0.05, 0) is 18.6 Å². The predicted molar refractivity (Wildman–Crippen MR) is 113 cm³/mol. The van der Waals surface area contributed by atoms with Crippen LogP contribution in [0.3, 0.4) is 0 Å². The van der Waals surface area contributed by atoms with Crippen LogP contribution in [0.4, 0.5) is 11.6 Å². The highest BCUT2D eigenvalue weighted by Crippen LogP contribution is 2.39. The number of nitro groups is 1. The minimum Gasteiger partial charge on any atom is -0.366 e. The number of thioether (sulfide) groups is 1. The first-order valence-electron chi connectivity index (χ1n) is 9.10. The largest absolute Gasteiger partial charge is 0.366 e. The Labute approximate surface area is 176 Å². The number of primary amides is 1. The first-order chi connectivity index (χ1) is 14.5. The monoisotopic (exact) mass is 422 g/mol. The molecular formula is C20H18N6O3S. The molecule has 1 aromatic heterocycles. The fraction of sp³-hybridized carbons (Fsp3) is 0.150. The van der Waals surface area contributed by atoms with E-state index in [1.54, 1.807) is 25.1 Å². The molecule has 0 bridgehead atoms. The normalized spacial score (nSPS) is 15.4. The van der Waals surface area contributed by atoms with Crippen molar-refractivity contribution in [1.82, 2.24) is 14.8 Å². The maximum atomic E-state index is 12.2. The summed E-state index contributed by atoms with van der Waals surface area (Å²) in [6, 6.07) is 15.3. The molecule has 1 aliphatic heterocycles. The summed E-state index contributed by atoms with van der Waals surface area (Å²) in [6.07, 6.45) is 0. The molecule has 0 unspecified atom stereocenters. The Kier molecular flexibility index (Phi) is 5.23. The number of anilines is 1. The molecule has 4 rings (SSSR count). The average molecular weight is 422 g/mol. The number of hydrogen-bond acceptors (Lipinski definition) is 7. The molecule has 152 valence electrons. The van der Waals surface area contributed by atoms with E-state index in [1.807, 2.05) is 30.3 Å². The zero-order valence-corrected chi connectivity index (χ0v) is 16.8. The first-order valence-corrected chi connectivity index (χ1v) is 10.1. The third-order valence-electron chi connectivity index (χ3n) is 4.74. The van der Waals surface area contributed by atoms with E-state index < -0.39 is 16.9 Å². The quantitative estimate of drug-likeness (QED) is 0.354. The molecule has 0 saturated carbocycles. The molecular weight excluding hydrogens is 404 g/mol. The van der Waals surface area contributed by atoms with Crippen molar-refractivity contribution in [2.24, 2.45) is 5.73 Å². The summed E-state index contributed by atoms with van der Waals surface area (Å²) < 4.78 is 1.49. The van der Waals surface area contributed by atoms with Crippen molar-refractivity contribution in [2.45, 2.75) is 23.9 Å². The summed E-state index contributed by atoms with van der Waals surface area (Å²) >= 11 is 1.43. The van der Waals surface area contributed by atoms with Crippen molar-refractivity contribution in [1.29, 1.82) is 0 Å². The van der Waals surface area contributed by atoms with Gasteiger partial charge in [-0.15, -0.1) is 5.10 Å². The zero-order chi connectivity index (χ0) is 21.3. The summed E-state index contributed by atoms with van der Waals surface area (Å²) in [6.45, 7) is 1.69. The number of nitrogens with two attached hydrogens (primary N) is 1. The number of nitrogens with one attached hydrogen (secondary N) is 1. The number of rotatable bonds is 6. The maximum Gasteiger partial charge on any atom is 0.275 e. The number of hydrogen-bond donors (Lipinski definition) is 2. The fourth-order valence-electron chi connectivity index (χ4n) is 3.41. The molecule has 0 saturated heterocycles. The summed E-state index contributed by atoms with van der Waals surface area (Å²) in [5.41, 5.74) is 7.66. The highest BCUT2D eigenvalue weighted by atomic mass is 32.2. The van der Waals surface area contributed by atoms with Crippen LogP contribution in [-0.2, 0) is 10.5 Å². The third-order valence-corrected chi connectivity index (χ3v) is 5.65. The molecule has 0 radical (unpaired) electrons. The van der Waals surface area contributed by atoms with Gasteiger partial charge in [-0.2, -0.15) is 4.98 Å². The van der Waals surface area contributed by atoms with E-state index in [0.29, 0.717) is 28.1 Å². The lowest BCUT2D eigenvalue weighted by Gasteiger charge is -2.27. The van der Waals surface area contributed by atoms with Gasteiger partial charge in [-0.25, -0.2) is 4.68 Å². The Morgan fingerprint density at radius 2 is 1.93 bits per heavy atom. The van der Waals surface area contributed by atoms with Crippen LogP contribution >= 0.6 is 11.8 Å². The minimum absolute atomic E-state index is 0.115. The van der Waals surface area contributed by atoms with Crippen LogP contribution in [0.1, 0.15) is 24.1 Å². The van der Waals surface area contributed by atoms with E-state index >= 15 is 0 Å². The van der Waals surface area contributed by atoms with E-state index in [9.17, 15) is 14.9 Å². The lowest BCUT2D eigenvalue weighted by molar-refractivity contribution is -0.385. The predicted octanol–water partition coefficient (Wildman–Crippen LogP) is 3.25. The topological polar surface area (TPSA) is 129 Å². The molecule has 0 aliphatic carbocycles. The Hall–Kier alpha value is -3.66. The van der Waals surface area contributed by atoms with Crippen LogP contribution in [0.5, 0.6) is 0 Å². The highest BCUT2D eigenvalue weighted by molar-refractivity contribution is 7.98. The van der Waals surface area contributed by atoms with Crippen molar-refractivity contribution in [3.8, 4) is 0 Å². The molecule has 3 N–H and O–H groups in total. The molecule has 2 aromatic carbocycles. The Morgan fingerprint density at radius 1 is 1.23 bits per heavy atom. The van der Waals surface area contributed by atoms with Gasteiger partial charge in [0.25, 0.3) is 5.69 Å². The molecule has 30 heavy (non-hydrogen) atoms.